The minimum absolute atomic E-state index is 0.00585. The molecule has 31 heavy (non-hydrogen) atoms. The molecule has 1 amide bonds. The normalized spacial score (nSPS) is 10.5. The van der Waals surface area contributed by atoms with Gasteiger partial charge in [0, 0.05) is 25.8 Å². The molecule has 3 aromatic carbocycles. The number of methoxy groups -OCH3 is 1. The minimum Gasteiger partial charge on any atom is -0.491 e. The summed E-state index contributed by atoms with van der Waals surface area (Å²) in [7, 11) is 4.98. The van der Waals surface area contributed by atoms with Crippen LogP contribution in [0.1, 0.15) is 11.1 Å². The van der Waals surface area contributed by atoms with E-state index in [0.717, 1.165) is 16.8 Å². The number of anilines is 2. The van der Waals surface area contributed by atoms with Crippen molar-refractivity contribution in [2.45, 2.75) is 13.0 Å². The van der Waals surface area contributed by atoms with Crippen LogP contribution >= 0.6 is 23.2 Å². The Balaban J connectivity index is 1.89. The van der Waals surface area contributed by atoms with E-state index in [1.54, 1.807) is 25.1 Å². The number of likely N-dealkylation sites (N-methyl/N-ethyl adjacent to an activating group) is 1. The highest BCUT2D eigenvalue weighted by Crippen LogP contribution is 2.46. The monoisotopic (exact) mass is 458 g/mol. The number of halogens is 2. The maximum Gasteiger partial charge on any atom is 0.226 e. The average molecular weight is 459 g/mol. The third kappa shape index (κ3) is 5.63. The van der Waals surface area contributed by atoms with Gasteiger partial charge in [0.05, 0.1) is 24.2 Å². The van der Waals surface area contributed by atoms with E-state index in [-0.39, 0.29) is 12.3 Å². The van der Waals surface area contributed by atoms with Crippen molar-refractivity contribution in [2.75, 3.05) is 26.5 Å². The van der Waals surface area contributed by atoms with Crippen LogP contribution in [0, 0.1) is 0 Å². The minimum atomic E-state index is -0.00585. The highest BCUT2D eigenvalue weighted by molar-refractivity contribution is 6.40. The zero-order valence-corrected chi connectivity index (χ0v) is 19.1. The molecule has 0 atom stereocenters. The molecule has 0 fully saturated rings. The number of ether oxygens (including phenoxy) is 2. The van der Waals surface area contributed by atoms with Gasteiger partial charge in [-0.15, -0.1) is 0 Å². The molecule has 3 aromatic rings. The molecule has 7 heteroatoms. The Hall–Kier alpha value is -2.89. The second kappa shape index (κ2) is 10.4. The Kier molecular flexibility index (Phi) is 7.66. The van der Waals surface area contributed by atoms with Crippen LogP contribution in [-0.4, -0.2) is 32.0 Å². The van der Waals surface area contributed by atoms with Crippen LogP contribution in [0.3, 0.4) is 0 Å². The summed E-state index contributed by atoms with van der Waals surface area (Å²) in [5.74, 6) is 0.822. The average Bonchev–Trinajstić information content (AvgIpc) is 2.76. The summed E-state index contributed by atoms with van der Waals surface area (Å²) in [6.45, 7) is 0.353. The zero-order chi connectivity index (χ0) is 22.4. The lowest BCUT2D eigenvalue weighted by molar-refractivity contribution is -0.127. The number of hydrogen-bond acceptors (Lipinski definition) is 4. The standard InChI is InChI=1S/C24H24Cl2N2O3/c1-28(2)21(29)13-17-11-7-8-12-19(17)27-23-18(25)14-20(24(30-3)22(23)26)31-15-16-9-5-4-6-10-16/h4-12,14,27H,13,15H2,1-3H3. The largest absolute Gasteiger partial charge is 0.491 e. The van der Waals surface area contributed by atoms with Crippen molar-refractivity contribution in [1.29, 1.82) is 0 Å². The maximum absolute atomic E-state index is 12.2. The molecule has 0 aliphatic heterocycles. The quantitative estimate of drug-likeness (QED) is 0.452. The fourth-order valence-corrected chi connectivity index (χ4v) is 3.59. The van der Waals surface area contributed by atoms with E-state index in [1.807, 2.05) is 54.6 Å². The zero-order valence-electron chi connectivity index (χ0n) is 17.6. The summed E-state index contributed by atoms with van der Waals surface area (Å²) < 4.78 is 11.4. The van der Waals surface area contributed by atoms with Crippen molar-refractivity contribution in [2.24, 2.45) is 0 Å². The van der Waals surface area contributed by atoms with Crippen molar-refractivity contribution in [3.8, 4) is 11.5 Å². The van der Waals surface area contributed by atoms with Crippen molar-refractivity contribution in [3.63, 3.8) is 0 Å². The molecule has 3 rings (SSSR count). The van der Waals surface area contributed by atoms with Gasteiger partial charge in [-0.3, -0.25) is 4.79 Å². The third-order valence-electron chi connectivity index (χ3n) is 4.70. The first-order valence-electron chi connectivity index (χ1n) is 9.68. The smallest absolute Gasteiger partial charge is 0.226 e. The van der Waals surface area contributed by atoms with Crippen LogP contribution in [0.4, 0.5) is 11.4 Å². The van der Waals surface area contributed by atoms with Gasteiger partial charge in [-0.1, -0.05) is 71.7 Å². The summed E-state index contributed by atoms with van der Waals surface area (Å²) in [6, 6.07) is 19.0. The van der Waals surface area contributed by atoms with Gasteiger partial charge in [0.1, 0.15) is 11.6 Å². The van der Waals surface area contributed by atoms with E-state index in [2.05, 4.69) is 5.32 Å². The number of hydrogen-bond donors (Lipinski definition) is 1. The molecule has 0 unspecified atom stereocenters. The second-order valence-electron chi connectivity index (χ2n) is 7.10. The van der Waals surface area contributed by atoms with E-state index >= 15 is 0 Å². The first kappa shape index (κ1) is 22.8. The molecular formula is C24H24Cl2N2O3. The molecule has 0 saturated heterocycles. The number of nitrogens with zero attached hydrogens (tertiary/aromatic N) is 1. The Morgan fingerprint density at radius 1 is 1.03 bits per heavy atom. The number of carbonyl (C=O) groups excluding carboxylic acids is 1. The summed E-state index contributed by atoms with van der Waals surface area (Å²) >= 11 is 13.2. The van der Waals surface area contributed by atoms with Gasteiger partial charge >= 0.3 is 0 Å². The molecule has 0 heterocycles. The summed E-state index contributed by atoms with van der Waals surface area (Å²) in [6.07, 6.45) is 0.251. The fraction of sp³-hybridized carbons (Fsp3) is 0.208. The van der Waals surface area contributed by atoms with Gasteiger partial charge < -0.3 is 19.7 Å². The Bertz CT molecular complexity index is 1060. The predicted octanol–water partition coefficient (Wildman–Crippen LogP) is 5.96. The van der Waals surface area contributed by atoms with Crippen LogP contribution in [0.5, 0.6) is 11.5 Å². The molecule has 0 radical (unpaired) electrons. The fourth-order valence-electron chi connectivity index (χ4n) is 2.98. The highest BCUT2D eigenvalue weighted by atomic mass is 35.5. The van der Waals surface area contributed by atoms with E-state index in [9.17, 15) is 4.79 Å². The van der Waals surface area contributed by atoms with Gasteiger partial charge in [0.15, 0.2) is 11.5 Å². The molecular weight excluding hydrogens is 435 g/mol. The predicted molar refractivity (Wildman–Crippen MR) is 126 cm³/mol. The number of rotatable bonds is 8. The molecule has 162 valence electrons. The molecule has 0 saturated carbocycles. The lowest BCUT2D eigenvalue weighted by Crippen LogP contribution is -2.23. The maximum atomic E-state index is 12.2. The van der Waals surface area contributed by atoms with Crippen LogP contribution in [-0.2, 0) is 17.8 Å². The summed E-state index contributed by atoms with van der Waals surface area (Å²) in [4.78, 5) is 13.7. The topological polar surface area (TPSA) is 50.8 Å². The third-order valence-corrected chi connectivity index (χ3v) is 5.36. The summed E-state index contributed by atoms with van der Waals surface area (Å²) in [5.41, 5.74) is 3.06. The van der Waals surface area contributed by atoms with Gasteiger partial charge in [0.25, 0.3) is 0 Å². The number of para-hydroxylation sites is 1. The Morgan fingerprint density at radius 2 is 1.71 bits per heavy atom. The number of benzene rings is 3. The molecule has 1 N–H and O–H groups in total. The lowest BCUT2D eigenvalue weighted by Gasteiger charge is -2.19. The van der Waals surface area contributed by atoms with Crippen LogP contribution in [0.15, 0.2) is 60.7 Å². The van der Waals surface area contributed by atoms with Crippen LogP contribution in [0.2, 0.25) is 10.0 Å². The first-order valence-corrected chi connectivity index (χ1v) is 10.4. The number of nitrogens with one attached hydrogen (secondary N) is 1. The number of amides is 1. The van der Waals surface area contributed by atoms with E-state index in [1.165, 1.54) is 7.11 Å². The SMILES string of the molecule is COc1c(OCc2ccccc2)cc(Cl)c(Nc2ccccc2CC(=O)N(C)C)c1Cl. The molecule has 0 aliphatic rings. The molecule has 0 bridgehead atoms. The van der Waals surface area contributed by atoms with Crippen molar-refractivity contribution in [1.82, 2.24) is 4.90 Å². The highest BCUT2D eigenvalue weighted by Gasteiger charge is 2.20. The summed E-state index contributed by atoms with van der Waals surface area (Å²) in [5, 5.41) is 3.93. The van der Waals surface area contributed by atoms with Crippen molar-refractivity contribution in [3.05, 3.63) is 81.8 Å². The van der Waals surface area contributed by atoms with Crippen LogP contribution in [0.25, 0.3) is 0 Å². The lowest BCUT2D eigenvalue weighted by atomic mass is 10.1. The first-order chi connectivity index (χ1) is 14.9. The van der Waals surface area contributed by atoms with Crippen LogP contribution < -0.4 is 14.8 Å². The number of carbonyl (C=O) groups is 1. The molecule has 0 spiro atoms. The second-order valence-corrected chi connectivity index (χ2v) is 7.89. The van der Waals surface area contributed by atoms with Gasteiger partial charge in [-0.2, -0.15) is 0 Å². The Labute approximate surface area is 192 Å². The van der Waals surface area contributed by atoms with E-state index in [0.29, 0.717) is 33.8 Å². The molecule has 5 nitrogen and oxygen atoms in total. The Morgan fingerprint density at radius 3 is 2.39 bits per heavy atom. The van der Waals surface area contributed by atoms with E-state index in [4.69, 9.17) is 32.7 Å². The van der Waals surface area contributed by atoms with Crippen molar-refractivity contribution < 1.29 is 14.3 Å². The van der Waals surface area contributed by atoms with Crippen molar-refractivity contribution >= 4 is 40.5 Å². The van der Waals surface area contributed by atoms with Gasteiger partial charge in [0.2, 0.25) is 5.91 Å². The molecule has 0 aromatic heterocycles. The van der Waals surface area contributed by atoms with E-state index < -0.39 is 0 Å². The van der Waals surface area contributed by atoms with Gasteiger partial charge in [-0.05, 0) is 17.2 Å². The molecule has 0 aliphatic carbocycles. The van der Waals surface area contributed by atoms with Gasteiger partial charge in [-0.25, -0.2) is 0 Å².